The molecular weight excluding hydrogens is 370 g/mol. The summed E-state index contributed by atoms with van der Waals surface area (Å²) in [5.41, 5.74) is 14.3. The molecule has 1 aromatic carbocycles. The Morgan fingerprint density at radius 2 is 2.07 bits per heavy atom. The van der Waals surface area contributed by atoms with E-state index >= 15 is 0 Å². The van der Waals surface area contributed by atoms with Crippen LogP contribution in [0.1, 0.15) is 59.2 Å². The summed E-state index contributed by atoms with van der Waals surface area (Å²) in [6.07, 6.45) is 6.32. The van der Waals surface area contributed by atoms with Crippen LogP contribution in [-0.4, -0.2) is 42.0 Å². The number of hydrazine groups is 1. The summed E-state index contributed by atoms with van der Waals surface area (Å²) in [5.74, 6) is 0.00637. The predicted molar refractivity (Wildman–Crippen MR) is 114 cm³/mol. The number of rotatable bonds is 10. The van der Waals surface area contributed by atoms with E-state index in [1.807, 2.05) is 12.4 Å². The summed E-state index contributed by atoms with van der Waals surface area (Å²) in [4.78, 5) is 18.6. The van der Waals surface area contributed by atoms with Gasteiger partial charge in [0.25, 0.3) is 5.91 Å². The van der Waals surface area contributed by atoms with Gasteiger partial charge in [0.15, 0.2) is 0 Å². The smallest absolute Gasteiger partial charge is 0.273 e. The Morgan fingerprint density at radius 3 is 2.86 bits per heavy atom. The fourth-order valence-corrected chi connectivity index (χ4v) is 4.36. The summed E-state index contributed by atoms with van der Waals surface area (Å²) >= 11 is 1.51. The number of nitrogens with two attached hydrogens (primary N) is 1. The van der Waals surface area contributed by atoms with E-state index in [9.17, 15) is 4.79 Å². The summed E-state index contributed by atoms with van der Waals surface area (Å²) in [5, 5.41) is 2.77. The van der Waals surface area contributed by atoms with E-state index in [0.29, 0.717) is 24.3 Å². The molecule has 28 heavy (non-hydrogen) atoms. The van der Waals surface area contributed by atoms with Gasteiger partial charge in [-0.3, -0.25) is 15.6 Å². The SMILES string of the molecule is CN(CCCCCC1CC(c2ccccc2)NN1)C(=O)c1csc(CCN)n1. The molecule has 0 aliphatic carbocycles. The van der Waals surface area contributed by atoms with Crippen LogP contribution in [0.25, 0.3) is 0 Å². The van der Waals surface area contributed by atoms with E-state index in [1.165, 1.54) is 23.3 Å². The van der Waals surface area contributed by atoms with E-state index in [0.717, 1.165) is 43.7 Å². The first-order valence-electron chi connectivity index (χ1n) is 10.1. The number of carbonyl (C=O) groups excluding carboxylic acids is 1. The summed E-state index contributed by atoms with van der Waals surface area (Å²) in [6.45, 7) is 1.33. The van der Waals surface area contributed by atoms with Crippen LogP contribution in [0, 0.1) is 0 Å². The van der Waals surface area contributed by atoms with Crippen LogP contribution in [0.3, 0.4) is 0 Å². The van der Waals surface area contributed by atoms with Crippen LogP contribution >= 0.6 is 11.3 Å². The predicted octanol–water partition coefficient (Wildman–Crippen LogP) is 2.88. The minimum absolute atomic E-state index is 0.00637. The third-order valence-electron chi connectivity index (χ3n) is 5.21. The summed E-state index contributed by atoms with van der Waals surface area (Å²) < 4.78 is 0. The lowest BCUT2D eigenvalue weighted by Crippen LogP contribution is -2.30. The lowest BCUT2D eigenvalue weighted by molar-refractivity contribution is 0.0787. The molecule has 3 rings (SSSR count). The first kappa shape index (κ1) is 20.9. The quantitative estimate of drug-likeness (QED) is 0.533. The number of carbonyl (C=O) groups is 1. The van der Waals surface area contributed by atoms with Gasteiger partial charge < -0.3 is 10.6 Å². The second kappa shape index (κ2) is 10.7. The second-order valence-corrected chi connectivity index (χ2v) is 8.37. The van der Waals surface area contributed by atoms with Crippen LogP contribution in [0.2, 0.25) is 0 Å². The van der Waals surface area contributed by atoms with Crippen molar-refractivity contribution in [1.82, 2.24) is 20.7 Å². The number of nitrogens with one attached hydrogen (secondary N) is 2. The molecule has 0 spiro atoms. The monoisotopic (exact) mass is 401 g/mol. The highest BCUT2D eigenvalue weighted by Crippen LogP contribution is 2.24. The fraction of sp³-hybridized carbons (Fsp3) is 0.524. The molecule has 1 fully saturated rings. The second-order valence-electron chi connectivity index (χ2n) is 7.43. The topological polar surface area (TPSA) is 83.3 Å². The average molecular weight is 402 g/mol. The molecular formula is C21H31N5OS. The van der Waals surface area contributed by atoms with Gasteiger partial charge in [-0.15, -0.1) is 11.3 Å². The van der Waals surface area contributed by atoms with Crippen molar-refractivity contribution < 1.29 is 4.79 Å². The molecule has 7 heteroatoms. The molecule has 0 bridgehead atoms. The van der Waals surface area contributed by atoms with E-state index < -0.39 is 0 Å². The number of amides is 1. The molecule has 2 aromatic rings. The third-order valence-corrected chi connectivity index (χ3v) is 6.11. The molecule has 1 aliphatic heterocycles. The van der Waals surface area contributed by atoms with Crippen LogP contribution in [0.5, 0.6) is 0 Å². The molecule has 1 aromatic heterocycles. The average Bonchev–Trinajstić information content (AvgIpc) is 3.38. The number of hydrogen-bond donors (Lipinski definition) is 3. The Kier molecular flexibility index (Phi) is 7.97. The fourth-order valence-electron chi connectivity index (χ4n) is 3.58. The Hall–Kier alpha value is -1.80. The van der Waals surface area contributed by atoms with Gasteiger partial charge in [0, 0.05) is 37.5 Å². The Labute approximate surface area is 171 Å². The lowest BCUT2D eigenvalue weighted by Gasteiger charge is -2.16. The largest absolute Gasteiger partial charge is 0.340 e. The molecule has 2 unspecified atom stereocenters. The number of hydrogen-bond acceptors (Lipinski definition) is 6. The maximum atomic E-state index is 12.4. The molecule has 2 heterocycles. The Morgan fingerprint density at radius 1 is 1.25 bits per heavy atom. The van der Waals surface area contributed by atoms with Crippen molar-refractivity contribution >= 4 is 17.2 Å². The van der Waals surface area contributed by atoms with Gasteiger partial charge >= 0.3 is 0 Å². The zero-order chi connectivity index (χ0) is 19.8. The van der Waals surface area contributed by atoms with Crippen molar-refractivity contribution in [3.63, 3.8) is 0 Å². The van der Waals surface area contributed by atoms with Crippen LogP contribution < -0.4 is 16.6 Å². The third kappa shape index (κ3) is 5.85. The Balaban J connectivity index is 1.31. The van der Waals surface area contributed by atoms with Gasteiger partial charge in [-0.05, 0) is 31.4 Å². The lowest BCUT2D eigenvalue weighted by atomic mass is 9.99. The van der Waals surface area contributed by atoms with E-state index in [4.69, 9.17) is 5.73 Å². The van der Waals surface area contributed by atoms with Gasteiger partial charge in [-0.25, -0.2) is 4.98 Å². The number of nitrogens with zero attached hydrogens (tertiary/aromatic N) is 2. The van der Waals surface area contributed by atoms with Gasteiger partial charge in [0.05, 0.1) is 5.01 Å². The van der Waals surface area contributed by atoms with E-state index in [2.05, 4.69) is 46.2 Å². The molecule has 4 N–H and O–H groups in total. The molecule has 1 aliphatic rings. The Bertz CT molecular complexity index is 735. The standard InChI is InChI=1S/C21H31N5OS/c1-26(21(27)19-15-28-20(23-19)11-12-22)13-7-3-6-10-17-14-18(25-24-17)16-8-4-2-5-9-16/h2,4-5,8-9,15,17-18,24-25H,3,6-7,10-14,22H2,1H3. The molecule has 1 amide bonds. The van der Waals surface area contributed by atoms with Crippen LogP contribution in [-0.2, 0) is 6.42 Å². The first-order chi connectivity index (χ1) is 13.7. The summed E-state index contributed by atoms with van der Waals surface area (Å²) in [6, 6.07) is 11.5. The van der Waals surface area contributed by atoms with Crippen molar-refractivity contribution in [3.05, 3.63) is 52.0 Å². The number of aromatic nitrogens is 1. The molecule has 6 nitrogen and oxygen atoms in total. The van der Waals surface area contributed by atoms with Crippen LogP contribution in [0.4, 0.5) is 0 Å². The number of unbranched alkanes of at least 4 members (excludes halogenated alkanes) is 2. The highest BCUT2D eigenvalue weighted by Gasteiger charge is 2.24. The van der Waals surface area contributed by atoms with Crippen molar-refractivity contribution in [2.75, 3.05) is 20.1 Å². The van der Waals surface area contributed by atoms with Gasteiger partial charge in [-0.1, -0.05) is 43.2 Å². The maximum Gasteiger partial charge on any atom is 0.273 e. The first-order valence-corrected chi connectivity index (χ1v) is 11.0. The van der Waals surface area contributed by atoms with Gasteiger partial charge in [0.2, 0.25) is 0 Å². The van der Waals surface area contributed by atoms with E-state index in [1.54, 1.807) is 4.90 Å². The van der Waals surface area contributed by atoms with Crippen LogP contribution in [0.15, 0.2) is 35.7 Å². The molecule has 152 valence electrons. The van der Waals surface area contributed by atoms with Crippen molar-refractivity contribution in [2.24, 2.45) is 5.73 Å². The number of thiazole rings is 1. The normalized spacial score (nSPS) is 19.1. The van der Waals surface area contributed by atoms with Crippen molar-refractivity contribution in [3.8, 4) is 0 Å². The number of benzene rings is 1. The molecule has 1 saturated heterocycles. The summed E-state index contributed by atoms with van der Waals surface area (Å²) in [7, 11) is 1.86. The molecule has 0 radical (unpaired) electrons. The van der Waals surface area contributed by atoms with Gasteiger partial charge in [0.1, 0.15) is 5.69 Å². The zero-order valence-electron chi connectivity index (χ0n) is 16.6. The van der Waals surface area contributed by atoms with Gasteiger partial charge in [-0.2, -0.15) is 0 Å². The van der Waals surface area contributed by atoms with Crippen molar-refractivity contribution in [1.29, 1.82) is 0 Å². The zero-order valence-corrected chi connectivity index (χ0v) is 17.4. The van der Waals surface area contributed by atoms with Crippen molar-refractivity contribution in [2.45, 2.75) is 50.6 Å². The minimum Gasteiger partial charge on any atom is -0.340 e. The van der Waals surface area contributed by atoms with E-state index in [-0.39, 0.29) is 5.91 Å². The molecule has 0 saturated carbocycles. The maximum absolute atomic E-state index is 12.4. The highest BCUT2D eigenvalue weighted by atomic mass is 32.1. The minimum atomic E-state index is 0.00637. The highest BCUT2D eigenvalue weighted by molar-refractivity contribution is 7.09. The molecule has 2 atom stereocenters.